The average molecular weight is 656 g/mol. The van der Waals surface area contributed by atoms with Crippen molar-refractivity contribution in [3.05, 3.63) is 47.3 Å². The molecule has 3 aliphatic rings. The Morgan fingerprint density at radius 2 is 1.61 bits per heavy atom. The molecule has 2 unspecified atom stereocenters. The van der Waals surface area contributed by atoms with Crippen molar-refractivity contribution in [2.24, 2.45) is 11.8 Å². The number of likely N-dealkylation sites (N-methyl/N-ethyl adjacent to an activating group) is 2. The number of anilines is 2. The molecule has 0 aromatic heterocycles. The SMILES string of the molecule is C[C@@H]1CN(c2cc(F)c(-c3cc(F)c(C(=O)N(C)C4COC4)c(F)c3)cc2NC(=O)C2CNC(=O)CC2C(F)(F)F)C[C@H](C)N1C. The maximum Gasteiger partial charge on any atom is 0.393 e. The normalized spacial score (nSPS) is 24.3. The molecule has 5 rings (SSSR count). The standard InChI is InChI=1S/C31H35F6N5O4/c1-15-11-42(12-16(2)40(15)3)26-9-22(32)19(7-25(26)39-29(44)20-10-38-27(43)8-21(20)31(35,36)37)17-5-23(33)28(24(34)6-17)30(45)41(4)18-13-46-14-18/h5-7,9,15-16,18,20-21H,8,10-14H2,1-4H3,(H,38,43)(H,39,44)/t15-,16+,20?,21?. The van der Waals surface area contributed by atoms with E-state index in [9.17, 15) is 27.6 Å². The van der Waals surface area contributed by atoms with Crippen LogP contribution in [0.1, 0.15) is 30.6 Å². The Labute approximate surface area is 261 Å². The highest BCUT2D eigenvalue weighted by molar-refractivity contribution is 5.99. The van der Waals surface area contributed by atoms with Gasteiger partial charge in [-0.15, -0.1) is 0 Å². The van der Waals surface area contributed by atoms with Gasteiger partial charge in [0.15, 0.2) is 0 Å². The van der Waals surface area contributed by atoms with Crippen LogP contribution >= 0.6 is 0 Å². The van der Waals surface area contributed by atoms with Gasteiger partial charge in [0.1, 0.15) is 23.0 Å². The van der Waals surface area contributed by atoms with E-state index in [2.05, 4.69) is 15.5 Å². The number of carbonyl (C=O) groups is 3. The van der Waals surface area contributed by atoms with Crippen molar-refractivity contribution >= 4 is 29.1 Å². The van der Waals surface area contributed by atoms with Gasteiger partial charge in [-0.05, 0) is 50.7 Å². The number of hydrogen-bond acceptors (Lipinski definition) is 6. The summed E-state index contributed by atoms with van der Waals surface area (Å²) in [5, 5.41) is 4.79. The summed E-state index contributed by atoms with van der Waals surface area (Å²) in [6.45, 7) is 4.52. The lowest BCUT2D eigenvalue weighted by Gasteiger charge is -2.44. The van der Waals surface area contributed by atoms with E-state index in [1.807, 2.05) is 20.9 Å². The predicted octanol–water partition coefficient (Wildman–Crippen LogP) is 4.02. The molecule has 9 nitrogen and oxygen atoms in total. The second-order valence-corrected chi connectivity index (χ2v) is 12.3. The maximum atomic E-state index is 15.8. The predicted molar refractivity (Wildman–Crippen MR) is 157 cm³/mol. The number of alkyl halides is 3. The second kappa shape index (κ2) is 12.7. The molecular weight excluding hydrogens is 620 g/mol. The van der Waals surface area contributed by atoms with Crippen LogP contribution in [0.25, 0.3) is 11.1 Å². The van der Waals surface area contributed by atoms with Gasteiger partial charge in [0.05, 0.1) is 42.5 Å². The minimum absolute atomic E-state index is 0.0175. The Kier molecular flexibility index (Phi) is 9.28. The molecule has 2 aromatic carbocycles. The number of nitrogens with one attached hydrogen (secondary N) is 2. The number of piperidine rings is 1. The van der Waals surface area contributed by atoms with Crippen molar-refractivity contribution in [3.63, 3.8) is 0 Å². The van der Waals surface area contributed by atoms with Crippen molar-refractivity contribution < 1.29 is 45.5 Å². The first-order valence-electron chi connectivity index (χ1n) is 14.9. The number of amides is 3. The number of nitrogens with zero attached hydrogens (tertiary/aromatic N) is 3. The molecule has 2 N–H and O–H groups in total. The topological polar surface area (TPSA) is 94.2 Å². The molecular formula is C31H35F6N5O4. The third kappa shape index (κ3) is 6.52. The van der Waals surface area contributed by atoms with E-state index in [-0.39, 0.29) is 53.8 Å². The van der Waals surface area contributed by atoms with E-state index in [1.54, 1.807) is 4.90 Å². The van der Waals surface area contributed by atoms with E-state index >= 15 is 13.2 Å². The van der Waals surface area contributed by atoms with E-state index in [1.165, 1.54) is 7.05 Å². The molecule has 0 saturated carbocycles. The zero-order valence-corrected chi connectivity index (χ0v) is 25.7. The van der Waals surface area contributed by atoms with E-state index in [4.69, 9.17) is 4.74 Å². The Morgan fingerprint density at radius 1 is 1.00 bits per heavy atom. The van der Waals surface area contributed by atoms with Gasteiger partial charge in [-0.1, -0.05) is 0 Å². The largest absolute Gasteiger partial charge is 0.393 e. The van der Waals surface area contributed by atoms with Crippen molar-refractivity contribution in [2.45, 2.75) is 44.6 Å². The van der Waals surface area contributed by atoms with E-state index in [0.717, 1.165) is 29.2 Å². The molecule has 4 atom stereocenters. The first kappa shape index (κ1) is 33.5. The second-order valence-electron chi connectivity index (χ2n) is 12.3. The van der Waals surface area contributed by atoms with Gasteiger partial charge in [0.2, 0.25) is 11.8 Å². The fourth-order valence-electron chi connectivity index (χ4n) is 6.09. The quantitative estimate of drug-likeness (QED) is 0.457. The van der Waals surface area contributed by atoms with Crippen LogP contribution in [0.4, 0.5) is 37.7 Å². The minimum Gasteiger partial charge on any atom is -0.377 e. The van der Waals surface area contributed by atoms with Crippen LogP contribution in [0.15, 0.2) is 24.3 Å². The van der Waals surface area contributed by atoms with Crippen molar-refractivity contribution in [2.75, 3.05) is 57.2 Å². The molecule has 0 bridgehead atoms. The number of carbonyl (C=O) groups excluding carboxylic acids is 3. The van der Waals surface area contributed by atoms with Crippen LogP contribution in [-0.2, 0) is 14.3 Å². The van der Waals surface area contributed by atoms with Gasteiger partial charge in [-0.3, -0.25) is 19.3 Å². The summed E-state index contributed by atoms with van der Waals surface area (Å²) in [6.07, 6.45) is -5.77. The molecule has 0 spiro atoms. The summed E-state index contributed by atoms with van der Waals surface area (Å²) in [6, 6.07) is 3.39. The Balaban J connectivity index is 1.54. The minimum atomic E-state index is -4.84. The molecule has 3 saturated heterocycles. The molecule has 0 aliphatic carbocycles. The Hall–Kier alpha value is -3.85. The van der Waals surface area contributed by atoms with E-state index < -0.39 is 71.7 Å². The van der Waals surface area contributed by atoms with Crippen LogP contribution in [0.5, 0.6) is 0 Å². The monoisotopic (exact) mass is 655 g/mol. The van der Waals surface area contributed by atoms with Crippen molar-refractivity contribution in [3.8, 4) is 11.1 Å². The summed E-state index contributed by atoms with van der Waals surface area (Å²) in [4.78, 5) is 43.0. The van der Waals surface area contributed by atoms with Gasteiger partial charge in [-0.25, -0.2) is 13.2 Å². The van der Waals surface area contributed by atoms with Gasteiger partial charge in [0, 0.05) is 50.7 Å². The molecule has 3 fully saturated rings. The van der Waals surface area contributed by atoms with Crippen LogP contribution in [0.3, 0.4) is 0 Å². The molecule has 15 heteroatoms. The summed E-state index contributed by atoms with van der Waals surface area (Å²) < 4.78 is 93.0. The van der Waals surface area contributed by atoms with E-state index in [0.29, 0.717) is 13.1 Å². The molecule has 46 heavy (non-hydrogen) atoms. The fraction of sp³-hybridized carbons (Fsp3) is 0.516. The zero-order valence-electron chi connectivity index (χ0n) is 25.7. The maximum absolute atomic E-state index is 15.8. The molecule has 3 amide bonds. The molecule has 0 radical (unpaired) electrons. The first-order chi connectivity index (χ1) is 21.6. The number of rotatable bonds is 6. The van der Waals surface area contributed by atoms with Crippen LogP contribution in [-0.4, -0.2) is 98.8 Å². The van der Waals surface area contributed by atoms with Crippen LogP contribution in [0, 0.1) is 29.3 Å². The molecule has 250 valence electrons. The van der Waals surface area contributed by atoms with Crippen molar-refractivity contribution in [1.29, 1.82) is 0 Å². The smallest absolute Gasteiger partial charge is 0.377 e. The average Bonchev–Trinajstić information content (AvgIpc) is 2.94. The highest BCUT2D eigenvalue weighted by Gasteiger charge is 2.50. The summed E-state index contributed by atoms with van der Waals surface area (Å²) in [5.41, 5.74) is -1.38. The summed E-state index contributed by atoms with van der Waals surface area (Å²) >= 11 is 0. The molecule has 2 aromatic rings. The highest BCUT2D eigenvalue weighted by atomic mass is 19.4. The lowest BCUT2D eigenvalue weighted by molar-refractivity contribution is -0.197. The third-order valence-corrected chi connectivity index (χ3v) is 9.27. The number of benzene rings is 2. The van der Waals surface area contributed by atoms with Crippen LogP contribution in [0.2, 0.25) is 0 Å². The van der Waals surface area contributed by atoms with Crippen molar-refractivity contribution in [1.82, 2.24) is 15.1 Å². The molecule has 3 aliphatic heterocycles. The van der Waals surface area contributed by atoms with Gasteiger partial charge >= 0.3 is 6.18 Å². The van der Waals surface area contributed by atoms with Crippen LogP contribution < -0.4 is 15.5 Å². The number of halogens is 6. The highest BCUT2D eigenvalue weighted by Crippen LogP contribution is 2.40. The number of hydrogen-bond donors (Lipinski definition) is 2. The summed E-state index contributed by atoms with van der Waals surface area (Å²) in [7, 11) is 3.31. The van der Waals surface area contributed by atoms with Gasteiger partial charge < -0.3 is 25.2 Å². The molecule has 3 heterocycles. The summed E-state index contributed by atoms with van der Waals surface area (Å²) in [5.74, 6) is -10.1. The number of piperazine rings is 1. The first-order valence-corrected chi connectivity index (χ1v) is 14.9. The third-order valence-electron chi connectivity index (χ3n) is 9.27. The zero-order chi connectivity index (χ0) is 33.7. The lowest BCUT2D eigenvalue weighted by atomic mass is 9.84. The Bertz CT molecular complexity index is 1500. The fourth-order valence-corrected chi connectivity index (χ4v) is 6.09. The lowest BCUT2D eigenvalue weighted by Crippen LogP contribution is -2.55. The van der Waals surface area contributed by atoms with Gasteiger partial charge in [-0.2, -0.15) is 13.2 Å². The Morgan fingerprint density at radius 3 is 2.15 bits per heavy atom. The number of ether oxygens (including phenoxy) is 1. The van der Waals surface area contributed by atoms with Gasteiger partial charge in [0.25, 0.3) is 5.91 Å².